The van der Waals surface area contributed by atoms with Gasteiger partial charge in [0, 0.05) is 33.0 Å². The van der Waals surface area contributed by atoms with Crippen LogP contribution in [0, 0.1) is 22.7 Å². The van der Waals surface area contributed by atoms with Crippen molar-refractivity contribution in [3.8, 4) is 0 Å². The van der Waals surface area contributed by atoms with Gasteiger partial charge in [-0.1, -0.05) is 56.9 Å². The molecule has 56 heavy (non-hydrogen) atoms. The Bertz CT molecular complexity index is 1960. The minimum atomic E-state index is -3.91. The lowest BCUT2D eigenvalue weighted by Crippen LogP contribution is -2.48. The predicted octanol–water partition coefficient (Wildman–Crippen LogP) is 3.90. The Hall–Kier alpha value is -4.79. The Labute approximate surface area is 328 Å². The topological polar surface area (TPSA) is 177 Å². The van der Waals surface area contributed by atoms with E-state index in [9.17, 15) is 37.2 Å². The first kappa shape index (κ1) is 40.9. The van der Waals surface area contributed by atoms with Crippen LogP contribution < -0.4 is 4.72 Å². The maximum Gasteiger partial charge on any atom is 0.410 e. The van der Waals surface area contributed by atoms with Gasteiger partial charge >= 0.3 is 12.1 Å². The molecule has 302 valence electrons. The van der Waals surface area contributed by atoms with E-state index in [4.69, 9.17) is 9.47 Å². The van der Waals surface area contributed by atoms with Gasteiger partial charge in [0.15, 0.2) is 5.78 Å². The number of cyclic esters (lactones) is 1. The summed E-state index contributed by atoms with van der Waals surface area (Å²) in [5.41, 5.74) is 1.17. The van der Waals surface area contributed by atoms with E-state index in [1.807, 2.05) is 38.1 Å². The molecule has 2 saturated carbocycles. The van der Waals surface area contributed by atoms with Gasteiger partial charge in [-0.15, -0.1) is 6.58 Å². The molecule has 5 atom stereocenters. The van der Waals surface area contributed by atoms with E-state index in [0.29, 0.717) is 38.8 Å². The zero-order valence-electron chi connectivity index (χ0n) is 32.4. The second kappa shape index (κ2) is 16.0. The maximum atomic E-state index is 14.6. The molecule has 1 N–H and O–H groups in total. The fourth-order valence-corrected chi connectivity index (χ4v) is 9.41. The van der Waals surface area contributed by atoms with E-state index in [1.165, 1.54) is 22.9 Å². The normalized spacial score (nSPS) is 28.4. The highest BCUT2D eigenvalue weighted by atomic mass is 32.2. The molecular formula is C41H52N4O10S. The van der Waals surface area contributed by atoms with Crippen molar-refractivity contribution in [3.05, 3.63) is 66.3 Å². The van der Waals surface area contributed by atoms with Crippen LogP contribution in [0.25, 0.3) is 6.08 Å². The molecule has 3 heterocycles. The SMILES string of the molecule is C=CC(=O)N(C)C[C@@H]1CC(=O)OCC(C)(C)CC/C=C/c2cccc3c2CN(C3)C(=O)O[C@@H]2C[C@@H](C(=O)C[C@]3(C(=O)NS(=O)(=O)C4CC4)C[C@H]3C=C)N(C2)C1=O. The molecule has 4 amide bonds. The molecule has 14 nitrogen and oxygen atoms in total. The summed E-state index contributed by atoms with van der Waals surface area (Å²) in [4.78, 5) is 86.3. The van der Waals surface area contributed by atoms with Crippen LogP contribution in [0.4, 0.5) is 4.79 Å². The van der Waals surface area contributed by atoms with Gasteiger partial charge in [-0.25, -0.2) is 13.2 Å². The lowest BCUT2D eigenvalue weighted by Gasteiger charge is -2.31. The number of carbonyl (C=O) groups is 6. The second-order valence-corrected chi connectivity index (χ2v) is 18.7. The highest BCUT2D eigenvalue weighted by molar-refractivity contribution is 7.90. The highest BCUT2D eigenvalue weighted by Crippen LogP contribution is 2.57. The van der Waals surface area contributed by atoms with Crippen LogP contribution in [0.1, 0.15) is 81.9 Å². The first-order valence-electron chi connectivity index (χ1n) is 19.2. The molecule has 0 spiro atoms. The Kier molecular flexibility index (Phi) is 11.7. The van der Waals surface area contributed by atoms with Crippen LogP contribution in [-0.4, -0.2) is 103 Å². The van der Waals surface area contributed by atoms with Crippen LogP contribution in [0.15, 0.2) is 49.6 Å². The Balaban J connectivity index is 1.30. The summed E-state index contributed by atoms with van der Waals surface area (Å²) in [6.45, 7) is 11.6. The number of ketones is 1. The van der Waals surface area contributed by atoms with Gasteiger partial charge in [0.2, 0.25) is 27.7 Å². The molecule has 2 aliphatic carbocycles. The third kappa shape index (κ3) is 8.92. The number of amides is 4. The van der Waals surface area contributed by atoms with E-state index in [-0.39, 0.29) is 39.0 Å². The smallest absolute Gasteiger partial charge is 0.410 e. The maximum absolute atomic E-state index is 14.6. The standard InChI is InChI=1S/C41H52N4O10S/c1-6-29-19-41(29,38(50)42-56(52,53)31-14-15-31)20-34(46)33-18-30-23-45(33)37(49)28(21-43(5)35(47)7-2)17-36(48)54-25-40(3,4)16-9-8-11-26-12-10-13-27-22-44(24-32(26)27)39(51)55-30/h6-8,10-13,28-31,33H,1-2,9,14-25H2,3-5H3,(H,42,50)/b11-8+/t28-,29+,30+,33-,41+/m0/s1. The quantitative estimate of drug-likeness (QED) is 0.208. The van der Waals surface area contributed by atoms with Crippen molar-refractivity contribution >= 4 is 51.7 Å². The summed E-state index contributed by atoms with van der Waals surface area (Å²) in [7, 11) is -2.44. The monoisotopic (exact) mass is 792 g/mol. The van der Waals surface area contributed by atoms with Crippen molar-refractivity contribution in [2.24, 2.45) is 22.7 Å². The summed E-state index contributed by atoms with van der Waals surface area (Å²) < 4.78 is 39.4. The van der Waals surface area contributed by atoms with Gasteiger partial charge in [0.25, 0.3) is 0 Å². The minimum absolute atomic E-state index is 0.0886. The molecule has 6 rings (SSSR count). The number of nitrogens with zero attached hydrogens (tertiary/aromatic N) is 3. The first-order chi connectivity index (χ1) is 26.5. The van der Waals surface area contributed by atoms with Gasteiger partial charge in [-0.05, 0) is 66.2 Å². The molecule has 1 aromatic rings. The van der Waals surface area contributed by atoms with Crippen molar-refractivity contribution in [2.75, 3.05) is 26.7 Å². The van der Waals surface area contributed by atoms with E-state index in [0.717, 1.165) is 22.8 Å². The second-order valence-electron chi connectivity index (χ2n) is 16.7. The largest absolute Gasteiger partial charge is 0.465 e. The number of ether oxygens (including phenoxy) is 2. The third-order valence-corrected chi connectivity index (χ3v) is 13.6. The predicted molar refractivity (Wildman–Crippen MR) is 205 cm³/mol. The summed E-state index contributed by atoms with van der Waals surface area (Å²) in [5.74, 6) is -4.71. The number of sulfonamides is 1. The molecule has 0 radical (unpaired) electrons. The number of fused-ring (bicyclic) bond motifs is 3. The molecular weight excluding hydrogens is 741 g/mol. The van der Waals surface area contributed by atoms with Gasteiger partial charge < -0.3 is 19.3 Å². The van der Waals surface area contributed by atoms with E-state index >= 15 is 0 Å². The van der Waals surface area contributed by atoms with Crippen LogP contribution in [0.3, 0.4) is 0 Å². The molecule has 4 bridgehead atoms. The Morgan fingerprint density at radius 2 is 1.86 bits per heavy atom. The van der Waals surface area contributed by atoms with E-state index in [1.54, 1.807) is 4.90 Å². The number of hydrogen-bond donors (Lipinski definition) is 1. The van der Waals surface area contributed by atoms with Crippen LogP contribution in [0.2, 0.25) is 0 Å². The summed E-state index contributed by atoms with van der Waals surface area (Å²) in [5, 5.41) is -0.655. The number of rotatable bonds is 10. The van der Waals surface area contributed by atoms with E-state index in [2.05, 4.69) is 24.0 Å². The Morgan fingerprint density at radius 1 is 1.11 bits per heavy atom. The fourth-order valence-electron chi connectivity index (χ4n) is 8.02. The average Bonchev–Trinajstić information content (AvgIpc) is 4.05. The van der Waals surface area contributed by atoms with Crippen molar-refractivity contribution in [1.82, 2.24) is 19.4 Å². The van der Waals surface area contributed by atoms with Crippen molar-refractivity contribution in [1.29, 1.82) is 0 Å². The van der Waals surface area contributed by atoms with Gasteiger partial charge in [-0.3, -0.25) is 33.6 Å². The zero-order chi connectivity index (χ0) is 40.6. The van der Waals surface area contributed by atoms with Gasteiger partial charge in [0.05, 0.1) is 48.7 Å². The molecule has 3 aliphatic heterocycles. The number of benzene rings is 1. The van der Waals surface area contributed by atoms with Crippen molar-refractivity contribution in [3.63, 3.8) is 0 Å². The van der Waals surface area contributed by atoms with Crippen LogP contribution >= 0.6 is 0 Å². The number of esters is 1. The van der Waals surface area contributed by atoms with Crippen LogP contribution in [0.5, 0.6) is 0 Å². The number of carbonyl (C=O) groups excluding carboxylic acids is 6. The number of hydrogen-bond acceptors (Lipinski definition) is 10. The summed E-state index contributed by atoms with van der Waals surface area (Å²) in [6.07, 6.45) is 6.75. The van der Waals surface area contributed by atoms with Gasteiger partial charge in [0.1, 0.15) is 6.10 Å². The number of allylic oxidation sites excluding steroid dienone is 2. The lowest BCUT2D eigenvalue weighted by atomic mass is 9.88. The summed E-state index contributed by atoms with van der Waals surface area (Å²) in [6, 6.07) is 4.70. The number of nitrogens with one attached hydrogen (secondary N) is 1. The molecule has 3 fully saturated rings. The summed E-state index contributed by atoms with van der Waals surface area (Å²) >= 11 is 0. The van der Waals surface area contributed by atoms with Crippen molar-refractivity contribution in [2.45, 2.75) is 95.7 Å². The molecule has 0 unspecified atom stereocenters. The van der Waals surface area contributed by atoms with Crippen LogP contribution in [-0.2, 0) is 56.6 Å². The van der Waals surface area contributed by atoms with Gasteiger partial charge in [-0.2, -0.15) is 0 Å². The molecule has 15 heteroatoms. The Morgan fingerprint density at radius 3 is 2.54 bits per heavy atom. The molecule has 0 aromatic heterocycles. The minimum Gasteiger partial charge on any atom is -0.465 e. The molecule has 5 aliphatic rings. The third-order valence-electron chi connectivity index (χ3n) is 11.7. The van der Waals surface area contributed by atoms with Crippen molar-refractivity contribution < 1.29 is 46.7 Å². The number of Topliss-reactive ketones (excluding diaryl/α,β-unsaturated/α-hetero) is 1. The zero-order valence-corrected chi connectivity index (χ0v) is 33.2. The highest BCUT2D eigenvalue weighted by Gasteiger charge is 2.61. The molecule has 1 aromatic carbocycles. The number of likely N-dealkylation sites (N-methyl/N-ethyl adjacent to an activating group) is 1. The first-order valence-corrected chi connectivity index (χ1v) is 20.8. The molecule has 1 saturated heterocycles. The fraction of sp³-hybridized carbons (Fsp3) is 0.561. The lowest BCUT2D eigenvalue weighted by molar-refractivity contribution is -0.153. The average molecular weight is 793 g/mol. The van der Waals surface area contributed by atoms with E-state index < -0.39 is 92.1 Å².